The number of anilines is 1. The Balaban J connectivity index is 0.000000922. The van der Waals surface area contributed by atoms with Gasteiger partial charge in [-0.2, -0.15) is 0 Å². The lowest BCUT2D eigenvalue weighted by Gasteiger charge is -2.15. The molecule has 24 heavy (non-hydrogen) atoms. The number of carbonyl (C=O) groups is 3. The lowest BCUT2D eigenvalue weighted by Crippen LogP contribution is -2.30. The van der Waals surface area contributed by atoms with E-state index < -0.39 is 23.9 Å². The molecular weight excluding hydrogens is 320 g/mol. The number of carboxylic acid groups (broad SMARTS) is 2. The first kappa shape index (κ1) is 20.7. The fourth-order valence-corrected chi connectivity index (χ4v) is 1.42. The van der Waals surface area contributed by atoms with E-state index in [0.717, 1.165) is 0 Å². The van der Waals surface area contributed by atoms with Gasteiger partial charge in [-0.15, -0.1) is 0 Å². The summed E-state index contributed by atoms with van der Waals surface area (Å²) < 4.78 is 0. The number of carboxylic acids is 2. The standard InChI is InChI=1S/C11H13N5O3.C2H5NO2/c12-10(17)6-5-9(11(18)19)14-7-1-3-8(4-2-7)15-16-13;3-1-2(4)5/h1-4,9,14H,5-6H2,(H2,12,17)(H,18,19);1,3H2,(H,4,5)/t9-;/m0./s1. The summed E-state index contributed by atoms with van der Waals surface area (Å²) in [6, 6.07) is 5.37. The van der Waals surface area contributed by atoms with Crippen molar-refractivity contribution in [2.24, 2.45) is 16.6 Å². The molecule has 7 N–H and O–H groups in total. The average Bonchev–Trinajstić information content (AvgIpc) is 2.53. The van der Waals surface area contributed by atoms with Gasteiger partial charge in [-0.05, 0) is 24.1 Å². The number of azide groups is 1. The highest BCUT2D eigenvalue weighted by Gasteiger charge is 2.17. The summed E-state index contributed by atoms with van der Waals surface area (Å²) >= 11 is 0. The molecule has 0 fully saturated rings. The molecule has 0 heterocycles. The largest absolute Gasteiger partial charge is 0.480 e. The lowest BCUT2D eigenvalue weighted by atomic mass is 10.1. The van der Waals surface area contributed by atoms with Crippen molar-refractivity contribution in [1.82, 2.24) is 0 Å². The van der Waals surface area contributed by atoms with Crippen molar-refractivity contribution in [3.8, 4) is 0 Å². The summed E-state index contributed by atoms with van der Waals surface area (Å²) in [6.07, 6.45) is 0.0868. The van der Waals surface area contributed by atoms with Crippen LogP contribution >= 0.6 is 0 Å². The molecule has 0 spiro atoms. The highest BCUT2D eigenvalue weighted by molar-refractivity contribution is 5.79. The van der Waals surface area contributed by atoms with E-state index >= 15 is 0 Å². The van der Waals surface area contributed by atoms with Crippen LogP contribution in [0.1, 0.15) is 12.8 Å². The molecule has 1 aromatic rings. The van der Waals surface area contributed by atoms with Gasteiger partial charge in [0.2, 0.25) is 5.91 Å². The number of nitrogens with zero attached hydrogens (tertiary/aromatic N) is 3. The van der Waals surface area contributed by atoms with E-state index in [-0.39, 0.29) is 19.4 Å². The summed E-state index contributed by atoms with van der Waals surface area (Å²) in [5.41, 5.74) is 18.8. The molecule has 130 valence electrons. The minimum absolute atomic E-state index is 0.0131. The van der Waals surface area contributed by atoms with Crippen molar-refractivity contribution >= 4 is 29.2 Å². The molecular formula is C13H18N6O5. The predicted octanol–water partition coefficient (Wildman–Crippen LogP) is 0.789. The maximum absolute atomic E-state index is 11.0. The van der Waals surface area contributed by atoms with Gasteiger partial charge in [0, 0.05) is 22.7 Å². The highest BCUT2D eigenvalue weighted by atomic mass is 16.4. The first-order valence-electron chi connectivity index (χ1n) is 6.64. The van der Waals surface area contributed by atoms with Crippen LogP contribution in [0.25, 0.3) is 10.4 Å². The van der Waals surface area contributed by atoms with Crippen LogP contribution in [-0.2, 0) is 14.4 Å². The average molecular weight is 338 g/mol. The molecule has 0 aliphatic carbocycles. The number of rotatable bonds is 8. The molecule has 11 heteroatoms. The second-order valence-electron chi connectivity index (χ2n) is 4.37. The first-order valence-corrected chi connectivity index (χ1v) is 6.64. The number of aliphatic carboxylic acids is 2. The quantitative estimate of drug-likeness (QED) is 0.261. The van der Waals surface area contributed by atoms with E-state index in [1.54, 1.807) is 24.3 Å². The Morgan fingerprint density at radius 1 is 1.25 bits per heavy atom. The maximum Gasteiger partial charge on any atom is 0.326 e. The van der Waals surface area contributed by atoms with Crippen molar-refractivity contribution in [3.05, 3.63) is 34.7 Å². The molecule has 0 unspecified atom stereocenters. The third kappa shape index (κ3) is 9.60. The number of hydrogen-bond acceptors (Lipinski definition) is 6. The second kappa shape index (κ2) is 11.3. The normalized spacial score (nSPS) is 10.4. The summed E-state index contributed by atoms with van der Waals surface area (Å²) in [4.78, 5) is 33.5. The number of benzene rings is 1. The predicted molar refractivity (Wildman–Crippen MR) is 85.4 cm³/mol. The molecule has 0 aliphatic rings. The molecule has 0 radical (unpaired) electrons. The monoisotopic (exact) mass is 338 g/mol. The van der Waals surface area contributed by atoms with E-state index in [1.807, 2.05) is 0 Å². The van der Waals surface area contributed by atoms with Crippen LogP contribution in [0, 0.1) is 0 Å². The van der Waals surface area contributed by atoms with E-state index in [2.05, 4.69) is 21.1 Å². The Labute approximate surface area is 136 Å². The number of hydrogen-bond donors (Lipinski definition) is 5. The molecule has 1 aromatic carbocycles. The molecule has 11 nitrogen and oxygen atoms in total. The van der Waals surface area contributed by atoms with Crippen molar-refractivity contribution in [1.29, 1.82) is 0 Å². The first-order chi connectivity index (χ1) is 11.3. The fraction of sp³-hybridized carbons (Fsp3) is 0.308. The SMILES string of the molecule is NCC(=O)O.[N-]=[N+]=Nc1ccc(N[C@@H](CCC(N)=O)C(=O)O)cc1. The molecule has 1 amide bonds. The van der Waals surface area contributed by atoms with E-state index in [0.29, 0.717) is 11.4 Å². The smallest absolute Gasteiger partial charge is 0.326 e. The van der Waals surface area contributed by atoms with Gasteiger partial charge < -0.3 is 27.0 Å². The Morgan fingerprint density at radius 2 is 1.79 bits per heavy atom. The van der Waals surface area contributed by atoms with E-state index in [4.69, 9.17) is 21.5 Å². The topological polar surface area (TPSA) is 204 Å². The minimum Gasteiger partial charge on any atom is -0.480 e. The van der Waals surface area contributed by atoms with Crippen LogP contribution in [0.4, 0.5) is 11.4 Å². The van der Waals surface area contributed by atoms with Gasteiger partial charge in [-0.3, -0.25) is 9.59 Å². The van der Waals surface area contributed by atoms with Crippen LogP contribution in [-0.4, -0.2) is 40.6 Å². The number of carbonyl (C=O) groups excluding carboxylic acids is 1. The van der Waals surface area contributed by atoms with Crippen molar-refractivity contribution in [2.45, 2.75) is 18.9 Å². The third-order valence-electron chi connectivity index (χ3n) is 2.52. The van der Waals surface area contributed by atoms with Crippen molar-refractivity contribution in [3.63, 3.8) is 0 Å². The number of amides is 1. The van der Waals surface area contributed by atoms with Crippen LogP contribution < -0.4 is 16.8 Å². The molecule has 0 saturated carbocycles. The summed E-state index contributed by atoms with van der Waals surface area (Å²) in [5.74, 6) is -2.59. The van der Waals surface area contributed by atoms with Gasteiger partial charge in [-0.1, -0.05) is 17.2 Å². The van der Waals surface area contributed by atoms with E-state index in [9.17, 15) is 14.4 Å². The zero-order valence-electron chi connectivity index (χ0n) is 12.6. The molecule has 0 saturated heterocycles. The van der Waals surface area contributed by atoms with Gasteiger partial charge in [0.1, 0.15) is 6.04 Å². The highest BCUT2D eigenvalue weighted by Crippen LogP contribution is 2.17. The molecule has 0 aromatic heterocycles. The fourth-order valence-electron chi connectivity index (χ4n) is 1.42. The third-order valence-corrected chi connectivity index (χ3v) is 2.52. The zero-order chi connectivity index (χ0) is 18.5. The molecule has 0 bridgehead atoms. The van der Waals surface area contributed by atoms with Crippen LogP contribution in [0.5, 0.6) is 0 Å². The number of nitrogens with one attached hydrogen (secondary N) is 1. The summed E-state index contributed by atoms with van der Waals surface area (Å²) in [5, 5.41) is 22.8. The Kier molecular flexibility index (Phi) is 9.74. The lowest BCUT2D eigenvalue weighted by molar-refractivity contribution is -0.138. The maximum atomic E-state index is 11.0. The Morgan fingerprint density at radius 3 is 2.17 bits per heavy atom. The Hall–Kier alpha value is -3.30. The van der Waals surface area contributed by atoms with Crippen LogP contribution in [0.2, 0.25) is 0 Å². The van der Waals surface area contributed by atoms with Gasteiger partial charge in [-0.25, -0.2) is 4.79 Å². The van der Waals surface area contributed by atoms with Crippen molar-refractivity contribution < 1.29 is 24.6 Å². The van der Waals surface area contributed by atoms with Gasteiger partial charge in [0.25, 0.3) is 0 Å². The molecule has 0 aliphatic heterocycles. The van der Waals surface area contributed by atoms with Crippen LogP contribution in [0.3, 0.4) is 0 Å². The van der Waals surface area contributed by atoms with Gasteiger partial charge >= 0.3 is 11.9 Å². The molecule has 1 atom stereocenters. The Bertz CT molecular complexity index is 612. The number of nitrogens with two attached hydrogens (primary N) is 2. The van der Waals surface area contributed by atoms with Gasteiger partial charge in [0.05, 0.1) is 6.54 Å². The zero-order valence-corrected chi connectivity index (χ0v) is 12.6. The van der Waals surface area contributed by atoms with E-state index in [1.165, 1.54) is 0 Å². The van der Waals surface area contributed by atoms with Crippen LogP contribution in [0.15, 0.2) is 29.4 Å². The summed E-state index contributed by atoms with van der Waals surface area (Å²) in [7, 11) is 0. The molecule has 1 rings (SSSR count). The second-order valence-corrected chi connectivity index (χ2v) is 4.37. The van der Waals surface area contributed by atoms with Crippen molar-refractivity contribution in [2.75, 3.05) is 11.9 Å². The van der Waals surface area contributed by atoms with Gasteiger partial charge in [0.15, 0.2) is 0 Å². The number of primary amides is 1. The minimum atomic E-state index is -1.07. The summed E-state index contributed by atoms with van der Waals surface area (Å²) in [6.45, 7) is -0.278.